The Hall–Kier alpha value is -1.39. The van der Waals surface area contributed by atoms with E-state index in [1.54, 1.807) is 19.2 Å². The Kier molecular flexibility index (Phi) is 7.91. The van der Waals surface area contributed by atoms with Gasteiger partial charge in [0.15, 0.2) is 5.96 Å². The Morgan fingerprint density at radius 2 is 2.28 bits per heavy atom. The third-order valence-electron chi connectivity index (χ3n) is 3.70. The molecule has 1 aromatic carbocycles. The summed E-state index contributed by atoms with van der Waals surface area (Å²) < 4.78 is 10.8. The summed E-state index contributed by atoms with van der Waals surface area (Å²) in [7, 11) is 1.72. The second kappa shape index (κ2) is 9.93. The Morgan fingerprint density at radius 1 is 1.40 bits per heavy atom. The number of aliphatic imine (C=N–C) groups is 1. The van der Waals surface area contributed by atoms with Crippen molar-refractivity contribution < 1.29 is 9.26 Å². The zero-order valence-electron chi connectivity index (χ0n) is 13.9. The van der Waals surface area contributed by atoms with E-state index in [-0.39, 0.29) is 30.1 Å². The van der Waals surface area contributed by atoms with Gasteiger partial charge in [-0.3, -0.25) is 4.99 Å². The molecule has 0 spiro atoms. The average molecular weight is 478 g/mol. The van der Waals surface area contributed by atoms with Crippen molar-refractivity contribution >= 4 is 41.5 Å². The molecule has 1 saturated heterocycles. The highest BCUT2D eigenvalue weighted by molar-refractivity contribution is 14.0. The molecule has 25 heavy (non-hydrogen) atoms. The van der Waals surface area contributed by atoms with Crippen molar-refractivity contribution in [1.82, 2.24) is 20.8 Å². The molecule has 3 rings (SSSR count). The minimum absolute atomic E-state index is 0. The van der Waals surface area contributed by atoms with Gasteiger partial charge in [-0.1, -0.05) is 28.9 Å². The molecule has 1 aliphatic rings. The van der Waals surface area contributed by atoms with Crippen molar-refractivity contribution in [1.29, 1.82) is 0 Å². The van der Waals surface area contributed by atoms with Crippen molar-refractivity contribution in [3.8, 4) is 11.4 Å². The van der Waals surface area contributed by atoms with Crippen LogP contribution in [0.25, 0.3) is 11.4 Å². The van der Waals surface area contributed by atoms with Crippen LogP contribution in [0.15, 0.2) is 33.8 Å². The summed E-state index contributed by atoms with van der Waals surface area (Å²) in [6.45, 7) is 1.96. The number of halogens is 2. The van der Waals surface area contributed by atoms with Gasteiger partial charge in [-0.25, -0.2) is 0 Å². The Labute approximate surface area is 168 Å². The van der Waals surface area contributed by atoms with E-state index in [0.717, 1.165) is 31.6 Å². The SMILES string of the molecule is CN=C(NCc1nc(-c2cccc(Cl)c2)no1)NCC1CCCO1.I. The van der Waals surface area contributed by atoms with Crippen molar-refractivity contribution in [2.75, 3.05) is 20.2 Å². The van der Waals surface area contributed by atoms with Crippen LogP contribution in [-0.2, 0) is 11.3 Å². The highest BCUT2D eigenvalue weighted by Gasteiger charge is 2.16. The number of nitrogens with one attached hydrogen (secondary N) is 2. The first-order chi connectivity index (χ1) is 11.7. The molecule has 2 aromatic rings. The molecule has 9 heteroatoms. The molecule has 136 valence electrons. The maximum Gasteiger partial charge on any atom is 0.246 e. The van der Waals surface area contributed by atoms with Crippen LogP contribution in [0.4, 0.5) is 0 Å². The topological polar surface area (TPSA) is 84.6 Å². The Bertz CT molecular complexity index is 703. The number of aromatic nitrogens is 2. The van der Waals surface area contributed by atoms with E-state index >= 15 is 0 Å². The maximum atomic E-state index is 5.98. The van der Waals surface area contributed by atoms with Crippen molar-refractivity contribution in [2.45, 2.75) is 25.5 Å². The fourth-order valence-electron chi connectivity index (χ4n) is 2.47. The zero-order valence-corrected chi connectivity index (χ0v) is 17.0. The molecule has 0 bridgehead atoms. The van der Waals surface area contributed by atoms with Crippen LogP contribution < -0.4 is 10.6 Å². The average Bonchev–Trinajstić information content (AvgIpc) is 3.27. The molecular formula is C16H21ClIN5O2. The van der Waals surface area contributed by atoms with E-state index in [2.05, 4.69) is 25.8 Å². The summed E-state index contributed by atoms with van der Waals surface area (Å²) in [6, 6.07) is 7.34. The van der Waals surface area contributed by atoms with Crippen molar-refractivity contribution in [3.05, 3.63) is 35.2 Å². The van der Waals surface area contributed by atoms with Gasteiger partial charge in [-0.15, -0.1) is 24.0 Å². The minimum Gasteiger partial charge on any atom is -0.376 e. The van der Waals surface area contributed by atoms with E-state index in [1.165, 1.54) is 0 Å². The Balaban J connectivity index is 0.00000225. The lowest BCUT2D eigenvalue weighted by atomic mass is 10.2. The number of hydrogen-bond donors (Lipinski definition) is 2. The lowest BCUT2D eigenvalue weighted by molar-refractivity contribution is 0.114. The number of rotatable bonds is 5. The number of nitrogens with zero attached hydrogens (tertiary/aromatic N) is 3. The smallest absolute Gasteiger partial charge is 0.246 e. The molecular weight excluding hydrogens is 457 g/mol. The molecule has 1 atom stereocenters. The summed E-state index contributed by atoms with van der Waals surface area (Å²) in [5, 5.41) is 11.0. The fourth-order valence-corrected chi connectivity index (χ4v) is 2.66. The highest BCUT2D eigenvalue weighted by Crippen LogP contribution is 2.19. The third kappa shape index (κ3) is 5.82. The Morgan fingerprint density at radius 3 is 3.00 bits per heavy atom. The maximum absolute atomic E-state index is 5.98. The third-order valence-corrected chi connectivity index (χ3v) is 3.94. The molecule has 1 aromatic heterocycles. The molecule has 7 nitrogen and oxygen atoms in total. The van der Waals surface area contributed by atoms with Gasteiger partial charge in [0.2, 0.25) is 11.7 Å². The van der Waals surface area contributed by atoms with E-state index in [0.29, 0.717) is 29.2 Å². The van der Waals surface area contributed by atoms with Crippen LogP contribution in [0.2, 0.25) is 5.02 Å². The lowest BCUT2D eigenvalue weighted by Gasteiger charge is -2.13. The minimum atomic E-state index is 0. The van der Waals surface area contributed by atoms with Crippen LogP contribution in [0.3, 0.4) is 0 Å². The normalized spacial score (nSPS) is 17.2. The first kappa shape index (κ1) is 19.9. The molecule has 2 heterocycles. The fraction of sp³-hybridized carbons (Fsp3) is 0.438. The monoisotopic (exact) mass is 477 g/mol. The molecule has 0 aliphatic carbocycles. The van der Waals surface area contributed by atoms with Crippen LogP contribution in [0.1, 0.15) is 18.7 Å². The molecule has 1 fully saturated rings. The van der Waals surface area contributed by atoms with Crippen LogP contribution >= 0.6 is 35.6 Å². The van der Waals surface area contributed by atoms with Gasteiger partial charge in [0.05, 0.1) is 12.6 Å². The van der Waals surface area contributed by atoms with Crippen LogP contribution in [0.5, 0.6) is 0 Å². The van der Waals surface area contributed by atoms with Gasteiger partial charge < -0.3 is 19.9 Å². The van der Waals surface area contributed by atoms with Gasteiger partial charge in [0.1, 0.15) is 0 Å². The van der Waals surface area contributed by atoms with E-state index in [9.17, 15) is 0 Å². The number of guanidine groups is 1. The summed E-state index contributed by atoms with van der Waals surface area (Å²) in [5.41, 5.74) is 0.818. The number of ether oxygens (including phenoxy) is 1. The van der Waals surface area contributed by atoms with Gasteiger partial charge in [0.25, 0.3) is 0 Å². The number of benzene rings is 1. The predicted octanol–water partition coefficient (Wildman–Crippen LogP) is 2.85. The van der Waals surface area contributed by atoms with Crippen LogP contribution in [-0.4, -0.2) is 42.4 Å². The molecule has 1 aliphatic heterocycles. The summed E-state index contributed by atoms with van der Waals surface area (Å²) in [4.78, 5) is 8.53. The van der Waals surface area contributed by atoms with E-state index in [1.807, 2.05) is 12.1 Å². The van der Waals surface area contributed by atoms with Crippen molar-refractivity contribution in [2.24, 2.45) is 4.99 Å². The van der Waals surface area contributed by atoms with Crippen molar-refractivity contribution in [3.63, 3.8) is 0 Å². The first-order valence-electron chi connectivity index (χ1n) is 7.89. The molecule has 2 N–H and O–H groups in total. The van der Waals surface area contributed by atoms with Gasteiger partial charge >= 0.3 is 0 Å². The first-order valence-corrected chi connectivity index (χ1v) is 8.27. The van der Waals surface area contributed by atoms with Gasteiger partial charge in [-0.2, -0.15) is 4.98 Å². The van der Waals surface area contributed by atoms with Gasteiger partial charge in [-0.05, 0) is 25.0 Å². The molecule has 0 saturated carbocycles. The second-order valence-electron chi connectivity index (χ2n) is 5.46. The van der Waals surface area contributed by atoms with Crippen LogP contribution in [0, 0.1) is 0 Å². The quantitative estimate of drug-likeness (QED) is 0.391. The summed E-state index contributed by atoms with van der Waals surface area (Å²) >= 11 is 5.98. The summed E-state index contributed by atoms with van der Waals surface area (Å²) in [5.74, 6) is 1.66. The zero-order chi connectivity index (χ0) is 16.8. The molecule has 0 amide bonds. The molecule has 0 radical (unpaired) electrons. The predicted molar refractivity (Wildman–Crippen MR) is 107 cm³/mol. The molecule has 1 unspecified atom stereocenters. The van der Waals surface area contributed by atoms with E-state index < -0.39 is 0 Å². The highest BCUT2D eigenvalue weighted by atomic mass is 127. The standard InChI is InChI=1S/C16H20ClN5O2.HI/c1-18-16(19-9-13-6-3-7-23-13)20-10-14-21-15(22-24-14)11-4-2-5-12(17)8-11;/h2,4-5,8,13H,3,6-7,9-10H2,1H3,(H2,18,19,20);1H. The lowest BCUT2D eigenvalue weighted by Crippen LogP contribution is -2.40. The van der Waals surface area contributed by atoms with Gasteiger partial charge in [0, 0.05) is 30.8 Å². The summed E-state index contributed by atoms with van der Waals surface area (Å²) in [6.07, 6.45) is 2.45. The number of hydrogen-bond acceptors (Lipinski definition) is 5. The largest absolute Gasteiger partial charge is 0.376 e. The second-order valence-corrected chi connectivity index (χ2v) is 5.90. The van der Waals surface area contributed by atoms with E-state index in [4.69, 9.17) is 20.9 Å².